The van der Waals surface area contributed by atoms with E-state index in [4.69, 9.17) is 9.72 Å². The Hall–Kier alpha value is -4.39. The topological polar surface area (TPSA) is 108 Å². The van der Waals surface area contributed by atoms with Crippen LogP contribution in [0.3, 0.4) is 0 Å². The van der Waals surface area contributed by atoms with Crippen LogP contribution >= 0.6 is 11.9 Å². The summed E-state index contributed by atoms with van der Waals surface area (Å²) in [4.78, 5) is 26.7. The summed E-state index contributed by atoms with van der Waals surface area (Å²) in [7, 11) is -3.51. The number of ether oxygens (including phenoxy) is 1. The second-order valence-corrected chi connectivity index (χ2v) is 15.1. The number of carbonyl (C=O) groups excluding carboxylic acids is 1. The number of piperidine rings is 1. The minimum absolute atomic E-state index is 0.197. The summed E-state index contributed by atoms with van der Waals surface area (Å²) in [5.41, 5.74) is 5.52. The van der Waals surface area contributed by atoms with Crippen molar-refractivity contribution in [1.82, 2.24) is 23.9 Å². The van der Waals surface area contributed by atoms with Gasteiger partial charge in [-0.25, -0.2) is 18.2 Å². The molecule has 49 heavy (non-hydrogen) atoms. The van der Waals surface area contributed by atoms with Gasteiger partial charge >= 0.3 is 6.09 Å². The minimum Gasteiger partial charge on any atom is -0.445 e. The molecule has 2 fully saturated rings. The van der Waals surface area contributed by atoms with E-state index in [0.717, 1.165) is 44.2 Å². The van der Waals surface area contributed by atoms with Gasteiger partial charge in [-0.1, -0.05) is 67.8 Å². The summed E-state index contributed by atoms with van der Waals surface area (Å²) in [6.07, 6.45) is 11.7. The largest absolute Gasteiger partial charge is 0.445 e. The van der Waals surface area contributed by atoms with Crippen molar-refractivity contribution >= 4 is 50.5 Å². The normalized spacial score (nSPS) is 17.0. The molecule has 10 nitrogen and oxygen atoms in total. The zero-order chi connectivity index (χ0) is 34.8. The molecule has 2 aliphatic rings. The highest BCUT2D eigenvalue weighted by molar-refractivity contribution is 8.01. The fourth-order valence-corrected chi connectivity index (χ4v) is 8.21. The Balaban J connectivity index is 1.15. The van der Waals surface area contributed by atoms with Crippen molar-refractivity contribution in [2.24, 2.45) is 0 Å². The number of hydrogen-bond donors (Lipinski definition) is 1. The van der Waals surface area contributed by atoms with Crippen molar-refractivity contribution in [3.05, 3.63) is 120 Å². The maximum Gasteiger partial charge on any atom is 0.410 e. The predicted octanol–water partition coefficient (Wildman–Crippen LogP) is 6.68. The fourth-order valence-electron chi connectivity index (χ4n) is 5.81. The summed E-state index contributed by atoms with van der Waals surface area (Å²) >= 11 is 1.44. The molecule has 0 spiro atoms. The number of carbonyl (C=O) groups is 1. The van der Waals surface area contributed by atoms with Gasteiger partial charge in [-0.2, -0.15) is 4.31 Å². The number of hydrogen-bond acceptors (Lipinski definition) is 9. The average Bonchev–Trinajstić information content (AvgIpc) is 3.14. The van der Waals surface area contributed by atoms with Crippen LogP contribution in [0.15, 0.2) is 109 Å². The molecule has 12 heteroatoms. The third kappa shape index (κ3) is 9.40. The molecule has 0 saturated carbocycles. The van der Waals surface area contributed by atoms with E-state index >= 15 is 0 Å². The minimum atomic E-state index is -3.51. The number of piperazine rings is 1. The summed E-state index contributed by atoms with van der Waals surface area (Å²) in [6.45, 7) is 14.4. The lowest BCUT2D eigenvalue weighted by atomic mass is 10.0. The number of nitrogens with zero attached hydrogens (tertiary/aromatic N) is 5. The summed E-state index contributed by atoms with van der Waals surface area (Å²) in [5, 5.41) is -0.517. The highest BCUT2D eigenvalue weighted by atomic mass is 32.2. The highest BCUT2D eigenvalue weighted by Gasteiger charge is 2.37. The van der Waals surface area contributed by atoms with Crippen LogP contribution in [-0.4, -0.2) is 78.2 Å². The molecule has 258 valence electrons. The van der Waals surface area contributed by atoms with E-state index in [1.165, 1.54) is 11.9 Å². The van der Waals surface area contributed by atoms with E-state index in [0.29, 0.717) is 52.1 Å². The van der Waals surface area contributed by atoms with Gasteiger partial charge in [0.1, 0.15) is 12.4 Å². The van der Waals surface area contributed by atoms with E-state index in [1.807, 2.05) is 74.5 Å². The van der Waals surface area contributed by atoms with Gasteiger partial charge in [-0.3, -0.25) is 4.98 Å². The smallest absolute Gasteiger partial charge is 0.410 e. The monoisotopic (exact) mass is 700 g/mol. The van der Waals surface area contributed by atoms with Gasteiger partial charge in [0.25, 0.3) is 0 Å². The number of amides is 1. The number of nitrogens with one attached hydrogen (secondary N) is 1. The zero-order valence-corrected chi connectivity index (χ0v) is 29.8. The molecule has 0 radical (unpaired) electrons. The first-order chi connectivity index (χ1) is 23.7. The lowest BCUT2D eigenvalue weighted by Gasteiger charge is -2.38. The van der Waals surface area contributed by atoms with Gasteiger partial charge in [0, 0.05) is 49.9 Å². The number of rotatable bonds is 12. The van der Waals surface area contributed by atoms with Crippen LogP contribution in [0.25, 0.3) is 16.6 Å². The predicted molar refractivity (Wildman–Crippen MR) is 200 cm³/mol. The van der Waals surface area contributed by atoms with Gasteiger partial charge < -0.3 is 19.3 Å². The van der Waals surface area contributed by atoms with Gasteiger partial charge in [-0.05, 0) is 79.6 Å². The maximum absolute atomic E-state index is 13.6. The summed E-state index contributed by atoms with van der Waals surface area (Å²) < 4.78 is 37.5. The van der Waals surface area contributed by atoms with Crippen molar-refractivity contribution < 1.29 is 17.9 Å². The van der Waals surface area contributed by atoms with Crippen LogP contribution in [0.4, 0.5) is 10.6 Å². The first-order valence-electron chi connectivity index (χ1n) is 16.4. The zero-order valence-electron chi connectivity index (χ0n) is 28.1. The molecule has 2 saturated heterocycles. The van der Waals surface area contributed by atoms with Crippen LogP contribution in [-0.2, 0) is 21.4 Å². The van der Waals surface area contributed by atoms with Gasteiger partial charge in [0.05, 0.1) is 22.5 Å². The molecule has 2 aromatic carbocycles. The van der Waals surface area contributed by atoms with Gasteiger partial charge in [0.2, 0.25) is 10.0 Å². The third-order valence-electron chi connectivity index (χ3n) is 8.56. The summed E-state index contributed by atoms with van der Waals surface area (Å²) in [5.74, 6) is 0.724. The van der Waals surface area contributed by atoms with E-state index in [-0.39, 0.29) is 6.61 Å². The van der Waals surface area contributed by atoms with Crippen LogP contribution in [0, 0.1) is 0 Å². The molecule has 0 bridgehead atoms. The quantitative estimate of drug-likeness (QED) is 0.164. The molecule has 1 N–H and O–H groups in total. The van der Waals surface area contributed by atoms with Gasteiger partial charge in [-0.15, -0.1) is 0 Å². The Bertz CT molecular complexity index is 1840. The number of aromatic nitrogens is 2. The molecule has 1 aromatic heterocycles. The van der Waals surface area contributed by atoms with Crippen molar-refractivity contribution in [3.63, 3.8) is 0 Å². The van der Waals surface area contributed by atoms with Gasteiger partial charge in [0.15, 0.2) is 0 Å². The van der Waals surface area contributed by atoms with E-state index < -0.39 is 21.4 Å². The summed E-state index contributed by atoms with van der Waals surface area (Å²) in [6, 6.07) is 15.5. The second-order valence-electron chi connectivity index (χ2n) is 11.9. The lowest BCUT2D eigenvalue weighted by molar-refractivity contribution is 0.0895. The number of allylic oxidation sites excluding steroid dienone is 7. The third-order valence-corrected chi connectivity index (χ3v) is 11.8. The lowest BCUT2D eigenvalue weighted by Crippen LogP contribution is -2.53. The number of fused-ring (bicyclic) bond motifs is 1. The molecule has 0 aliphatic carbocycles. The first-order valence-corrected chi connectivity index (χ1v) is 18.7. The average molecular weight is 701 g/mol. The maximum atomic E-state index is 13.6. The molecule has 2 aliphatic heterocycles. The van der Waals surface area contributed by atoms with Crippen LogP contribution in [0.1, 0.15) is 37.8 Å². The van der Waals surface area contributed by atoms with E-state index in [2.05, 4.69) is 39.9 Å². The first kappa shape index (κ1) is 35.9. The van der Waals surface area contributed by atoms with E-state index in [9.17, 15) is 13.2 Å². The Morgan fingerprint density at radius 3 is 2.49 bits per heavy atom. The number of sulfonamides is 1. The number of anilines is 1. The second kappa shape index (κ2) is 16.8. The SMILES string of the molecule is C=C/C=C\C(=C)SN/C(C)=C/C(=C\C)c1ccc2ncc(N3CCN(S(=O)(=O)C4CCN(C(=O)OCc5ccccc5)CC4)CC3)nc2c1. The Kier molecular flexibility index (Phi) is 12.3. The van der Waals surface area contributed by atoms with Crippen molar-refractivity contribution in [2.75, 3.05) is 44.2 Å². The Morgan fingerprint density at radius 1 is 1.06 bits per heavy atom. The van der Waals surface area contributed by atoms with Crippen LogP contribution < -0.4 is 9.62 Å². The highest BCUT2D eigenvalue weighted by Crippen LogP contribution is 2.26. The van der Waals surface area contributed by atoms with Crippen molar-refractivity contribution in [3.8, 4) is 0 Å². The standard InChI is InChI=1S/C37H44N6O4S2/c1-5-7-11-29(4)48-40-28(3)24-31(6-2)32-14-15-34-35(25-32)39-36(26-38-34)41-20-22-43(23-21-41)49(45,46)33-16-18-42(19-17-33)37(44)47-27-30-12-9-8-10-13-30/h5-15,24-26,33,40H,1,4,16-23,27H2,2-3H3/b11-7-,28-24+,31-6+. The Morgan fingerprint density at radius 2 is 1.80 bits per heavy atom. The molecule has 3 heterocycles. The van der Waals surface area contributed by atoms with Crippen LogP contribution in [0.5, 0.6) is 0 Å². The molecular weight excluding hydrogens is 657 g/mol. The molecular formula is C37H44N6O4S2. The number of benzene rings is 2. The van der Waals surface area contributed by atoms with Crippen molar-refractivity contribution in [2.45, 2.75) is 38.5 Å². The fraction of sp³-hybridized carbons (Fsp3) is 0.324. The molecule has 0 unspecified atom stereocenters. The van der Waals surface area contributed by atoms with E-state index in [1.54, 1.807) is 21.5 Å². The molecule has 1 amide bonds. The van der Waals surface area contributed by atoms with Crippen LogP contribution in [0.2, 0.25) is 0 Å². The van der Waals surface area contributed by atoms with Crippen molar-refractivity contribution in [1.29, 1.82) is 0 Å². The molecule has 5 rings (SSSR count). The molecule has 0 atom stereocenters. The number of likely N-dealkylation sites (tertiary alicyclic amines) is 1. The molecule has 3 aromatic rings. The Labute approximate surface area is 294 Å².